The Bertz CT molecular complexity index is 1220. The lowest BCUT2D eigenvalue weighted by molar-refractivity contribution is 0.310. The number of rotatable bonds is 8. The Morgan fingerprint density at radius 3 is 2.74 bits per heavy atom. The Morgan fingerprint density at radius 2 is 2.00 bits per heavy atom. The number of ether oxygens (including phenoxy) is 1. The van der Waals surface area contributed by atoms with Crippen LogP contribution in [0, 0.1) is 13.8 Å². The van der Waals surface area contributed by atoms with E-state index in [4.69, 9.17) is 9.26 Å². The lowest BCUT2D eigenvalue weighted by Crippen LogP contribution is -2.19. The summed E-state index contributed by atoms with van der Waals surface area (Å²) in [4.78, 5) is 12.4. The SMILES string of the molecule is Cc1noc(C)c1-c1ccc(=O)n(Cc2cccc(OCCCc3cn(C)nn3)c2)c1. The lowest BCUT2D eigenvalue weighted by atomic mass is 10.1. The van der Waals surface area contributed by atoms with E-state index in [1.807, 2.05) is 63.6 Å². The molecule has 0 amide bonds. The monoisotopic (exact) mass is 419 g/mol. The minimum absolute atomic E-state index is 0.0641. The van der Waals surface area contributed by atoms with Gasteiger partial charge in [-0.2, -0.15) is 0 Å². The molecule has 3 heterocycles. The van der Waals surface area contributed by atoms with Gasteiger partial charge in [-0.15, -0.1) is 5.10 Å². The predicted molar refractivity (Wildman–Crippen MR) is 116 cm³/mol. The average molecular weight is 419 g/mol. The molecule has 0 bridgehead atoms. The molecular weight excluding hydrogens is 394 g/mol. The number of aromatic nitrogens is 5. The summed E-state index contributed by atoms with van der Waals surface area (Å²) in [6.45, 7) is 4.80. The molecule has 3 aromatic heterocycles. The van der Waals surface area contributed by atoms with Crippen molar-refractivity contribution in [1.29, 1.82) is 0 Å². The highest BCUT2D eigenvalue weighted by molar-refractivity contribution is 5.66. The predicted octanol–water partition coefficient (Wildman–Crippen LogP) is 3.31. The van der Waals surface area contributed by atoms with Gasteiger partial charge in [0.15, 0.2) is 0 Å². The third kappa shape index (κ3) is 4.91. The first-order valence-corrected chi connectivity index (χ1v) is 10.2. The summed E-state index contributed by atoms with van der Waals surface area (Å²) < 4.78 is 14.5. The fraction of sp³-hybridized carbons (Fsp3) is 0.304. The highest BCUT2D eigenvalue weighted by Crippen LogP contribution is 2.26. The van der Waals surface area contributed by atoms with Crippen molar-refractivity contribution in [1.82, 2.24) is 24.7 Å². The Labute approximate surface area is 180 Å². The molecule has 8 heteroatoms. The molecule has 0 aliphatic rings. The molecule has 0 aliphatic heterocycles. The van der Waals surface area contributed by atoms with Crippen molar-refractivity contribution >= 4 is 0 Å². The van der Waals surface area contributed by atoms with Gasteiger partial charge in [0.1, 0.15) is 11.5 Å². The smallest absolute Gasteiger partial charge is 0.250 e. The molecular formula is C23H25N5O3. The van der Waals surface area contributed by atoms with Crippen LogP contribution in [0.4, 0.5) is 0 Å². The van der Waals surface area contributed by atoms with Crippen LogP contribution in [0.5, 0.6) is 5.75 Å². The van der Waals surface area contributed by atoms with Crippen LogP contribution in [0.2, 0.25) is 0 Å². The molecule has 8 nitrogen and oxygen atoms in total. The van der Waals surface area contributed by atoms with Crippen molar-refractivity contribution in [3.63, 3.8) is 0 Å². The molecule has 31 heavy (non-hydrogen) atoms. The van der Waals surface area contributed by atoms with Crippen LogP contribution in [-0.2, 0) is 20.0 Å². The van der Waals surface area contributed by atoms with Gasteiger partial charge in [0.2, 0.25) is 0 Å². The first kappa shape index (κ1) is 20.6. The molecule has 1 aromatic carbocycles. The minimum Gasteiger partial charge on any atom is -0.494 e. The van der Waals surface area contributed by atoms with Crippen molar-refractivity contribution in [3.8, 4) is 16.9 Å². The van der Waals surface area contributed by atoms with Gasteiger partial charge in [-0.25, -0.2) is 0 Å². The average Bonchev–Trinajstić information content (AvgIpc) is 3.32. The summed E-state index contributed by atoms with van der Waals surface area (Å²) >= 11 is 0. The molecule has 4 aromatic rings. The summed E-state index contributed by atoms with van der Waals surface area (Å²) in [6, 6.07) is 11.2. The number of nitrogens with zero attached hydrogens (tertiary/aromatic N) is 5. The standard InChI is InChI=1S/C23H25N5O3/c1-16-23(17(2)31-25-16)19-9-10-22(29)28(14-19)13-18-6-4-8-21(12-18)30-11-5-7-20-15-27(3)26-24-20/h4,6,8-10,12,14-15H,5,7,11,13H2,1-3H3. The molecule has 0 atom stereocenters. The largest absolute Gasteiger partial charge is 0.494 e. The van der Waals surface area contributed by atoms with Gasteiger partial charge in [-0.05, 0) is 50.5 Å². The van der Waals surface area contributed by atoms with Crippen molar-refractivity contribution in [2.45, 2.75) is 33.2 Å². The number of benzene rings is 1. The van der Waals surface area contributed by atoms with E-state index in [0.29, 0.717) is 13.2 Å². The van der Waals surface area contributed by atoms with E-state index in [-0.39, 0.29) is 5.56 Å². The second kappa shape index (κ2) is 8.99. The van der Waals surface area contributed by atoms with E-state index in [1.165, 1.54) is 0 Å². The van der Waals surface area contributed by atoms with Crippen molar-refractivity contribution in [2.75, 3.05) is 6.61 Å². The zero-order chi connectivity index (χ0) is 21.8. The number of hydrogen-bond donors (Lipinski definition) is 0. The first-order valence-electron chi connectivity index (χ1n) is 10.2. The third-order valence-electron chi connectivity index (χ3n) is 5.05. The number of aryl methyl sites for hydroxylation is 4. The van der Waals surface area contributed by atoms with Crippen LogP contribution in [0.1, 0.15) is 29.1 Å². The highest BCUT2D eigenvalue weighted by atomic mass is 16.5. The number of pyridine rings is 1. The molecule has 0 saturated carbocycles. The zero-order valence-electron chi connectivity index (χ0n) is 17.9. The molecule has 0 aliphatic carbocycles. The zero-order valence-corrected chi connectivity index (χ0v) is 17.9. The van der Waals surface area contributed by atoms with Crippen LogP contribution in [-0.4, -0.2) is 31.3 Å². The molecule has 0 saturated heterocycles. The van der Waals surface area contributed by atoms with E-state index in [0.717, 1.165) is 52.4 Å². The van der Waals surface area contributed by atoms with Gasteiger partial charge in [-0.3, -0.25) is 9.48 Å². The summed E-state index contributed by atoms with van der Waals surface area (Å²) in [7, 11) is 1.86. The van der Waals surface area contributed by atoms with Gasteiger partial charge in [0.25, 0.3) is 5.56 Å². The van der Waals surface area contributed by atoms with Gasteiger partial charge < -0.3 is 13.8 Å². The van der Waals surface area contributed by atoms with E-state index < -0.39 is 0 Å². The summed E-state index contributed by atoms with van der Waals surface area (Å²) in [5.74, 6) is 1.52. The maximum atomic E-state index is 12.4. The maximum absolute atomic E-state index is 12.4. The molecule has 0 unspecified atom stereocenters. The molecule has 4 rings (SSSR count). The van der Waals surface area contributed by atoms with Crippen LogP contribution in [0.3, 0.4) is 0 Å². The van der Waals surface area contributed by atoms with Crippen LogP contribution in [0.15, 0.2) is 58.1 Å². The molecule has 0 fully saturated rings. The topological polar surface area (TPSA) is 88.0 Å². The van der Waals surface area contributed by atoms with Crippen LogP contribution in [0.25, 0.3) is 11.1 Å². The van der Waals surface area contributed by atoms with Gasteiger partial charge in [-0.1, -0.05) is 22.5 Å². The van der Waals surface area contributed by atoms with Crippen molar-refractivity contribution in [3.05, 3.63) is 81.9 Å². The normalized spacial score (nSPS) is 11.1. The fourth-order valence-electron chi connectivity index (χ4n) is 3.58. The Morgan fingerprint density at radius 1 is 1.13 bits per heavy atom. The molecule has 0 N–H and O–H groups in total. The van der Waals surface area contributed by atoms with Gasteiger partial charge in [0.05, 0.1) is 24.5 Å². The van der Waals surface area contributed by atoms with E-state index in [2.05, 4.69) is 15.5 Å². The summed E-state index contributed by atoms with van der Waals surface area (Å²) in [5, 5.41) is 12.0. The Hall–Kier alpha value is -3.68. The maximum Gasteiger partial charge on any atom is 0.250 e. The van der Waals surface area contributed by atoms with Gasteiger partial charge >= 0.3 is 0 Å². The molecule has 0 spiro atoms. The molecule has 0 radical (unpaired) electrons. The highest BCUT2D eigenvalue weighted by Gasteiger charge is 2.12. The van der Waals surface area contributed by atoms with Crippen molar-refractivity contribution in [2.24, 2.45) is 7.05 Å². The third-order valence-corrected chi connectivity index (χ3v) is 5.05. The van der Waals surface area contributed by atoms with E-state index in [1.54, 1.807) is 15.3 Å². The van der Waals surface area contributed by atoms with Crippen LogP contribution >= 0.6 is 0 Å². The lowest BCUT2D eigenvalue weighted by Gasteiger charge is -2.11. The summed E-state index contributed by atoms with van der Waals surface area (Å²) in [5.41, 5.74) is 4.52. The number of hydrogen-bond acceptors (Lipinski definition) is 6. The van der Waals surface area contributed by atoms with E-state index >= 15 is 0 Å². The second-order valence-electron chi connectivity index (χ2n) is 7.57. The Balaban J connectivity index is 1.42. The fourth-order valence-corrected chi connectivity index (χ4v) is 3.58. The minimum atomic E-state index is -0.0641. The van der Waals surface area contributed by atoms with E-state index in [9.17, 15) is 4.79 Å². The second-order valence-corrected chi connectivity index (χ2v) is 7.57. The van der Waals surface area contributed by atoms with Crippen molar-refractivity contribution < 1.29 is 9.26 Å². The van der Waals surface area contributed by atoms with Gasteiger partial charge in [0, 0.05) is 36.6 Å². The Kier molecular flexibility index (Phi) is 5.97. The summed E-state index contributed by atoms with van der Waals surface area (Å²) in [6.07, 6.45) is 5.43. The van der Waals surface area contributed by atoms with Crippen LogP contribution < -0.4 is 10.3 Å². The first-order chi connectivity index (χ1) is 15.0. The quantitative estimate of drug-likeness (QED) is 0.407. The molecule has 160 valence electrons.